The zero-order valence-electron chi connectivity index (χ0n) is 5.93. The lowest BCUT2D eigenvalue weighted by Gasteiger charge is -2.03. The van der Waals surface area contributed by atoms with Gasteiger partial charge in [-0.3, -0.25) is 0 Å². The molecule has 1 rings (SSSR count). The van der Waals surface area contributed by atoms with Gasteiger partial charge < -0.3 is 9.90 Å². The predicted molar refractivity (Wildman–Crippen MR) is 40.5 cm³/mol. The van der Waals surface area contributed by atoms with Crippen molar-refractivity contribution in [3.63, 3.8) is 0 Å². The molecule has 0 fully saturated rings. The molecule has 2 nitrogen and oxygen atoms in total. The Kier molecular flexibility index (Phi) is 2.15. The summed E-state index contributed by atoms with van der Waals surface area (Å²) in [5.74, 6) is -1.20. The minimum Gasteiger partial charge on any atom is -0.545 e. The van der Waals surface area contributed by atoms with E-state index in [1.165, 1.54) is 12.1 Å². The lowest BCUT2D eigenvalue weighted by molar-refractivity contribution is -0.255. The molecule has 58 valence electrons. The van der Waals surface area contributed by atoms with E-state index >= 15 is 0 Å². The minimum atomic E-state index is -1.20. The highest BCUT2D eigenvalue weighted by molar-refractivity contribution is 6.31. The maximum Gasteiger partial charge on any atom is 0.0715 e. The topological polar surface area (TPSA) is 40.1 Å². The van der Waals surface area contributed by atoms with Crippen molar-refractivity contribution < 1.29 is 9.90 Å². The van der Waals surface area contributed by atoms with Crippen LogP contribution < -0.4 is 5.11 Å². The van der Waals surface area contributed by atoms with Crippen LogP contribution in [-0.4, -0.2) is 5.97 Å². The molecule has 1 aromatic carbocycles. The number of halogens is 1. The Morgan fingerprint density at radius 1 is 1.45 bits per heavy atom. The number of hydrogen-bond donors (Lipinski definition) is 0. The molecule has 0 heterocycles. The molecule has 0 N–H and O–H groups in total. The molecule has 0 bridgehead atoms. The molecule has 1 aromatic rings. The number of benzene rings is 1. The first kappa shape index (κ1) is 8.08. The van der Waals surface area contributed by atoms with Crippen LogP contribution in [0.15, 0.2) is 18.2 Å². The average Bonchev–Trinajstić information content (AvgIpc) is 1.85. The molecule has 3 heteroatoms. The molecule has 0 amide bonds. The van der Waals surface area contributed by atoms with E-state index in [9.17, 15) is 9.90 Å². The van der Waals surface area contributed by atoms with Gasteiger partial charge in [0.15, 0.2) is 0 Å². The fourth-order valence-electron chi connectivity index (χ4n) is 0.854. The first-order chi connectivity index (χ1) is 5.09. The number of aryl methyl sites for hydroxylation is 1. The van der Waals surface area contributed by atoms with Gasteiger partial charge in [-0.05, 0) is 30.2 Å². The van der Waals surface area contributed by atoms with Gasteiger partial charge in [-0.15, -0.1) is 0 Å². The Hall–Kier alpha value is -1.02. The van der Waals surface area contributed by atoms with Crippen LogP contribution >= 0.6 is 11.6 Å². The van der Waals surface area contributed by atoms with Gasteiger partial charge in [-0.2, -0.15) is 0 Å². The van der Waals surface area contributed by atoms with Crippen LogP contribution in [0.3, 0.4) is 0 Å². The number of carboxylic acids is 1. The van der Waals surface area contributed by atoms with Crippen molar-refractivity contribution in [3.05, 3.63) is 34.3 Å². The van der Waals surface area contributed by atoms with Crippen molar-refractivity contribution >= 4 is 17.6 Å². The lowest BCUT2D eigenvalue weighted by atomic mass is 10.1. The maximum atomic E-state index is 10.3. The second kappa shape index (κ2) is 2.93. The van der Waals surface area contributed by atoms with E-state index in [0.29, 0.717) is 5.02 Å². The number of rotatable bonds is 1. The molecule has 0 radical (unpaired) electrons. The number of aromatic carboxylic acids is 1. The summed E-state index contributed by atoms with van der Waals surface area (Å²) in [6.07, 6.45) is 0. The first-order valence-corrected chi connectivity index (χ1v) is 3.46. The van der Waals surface area contributed by atoms with Crippen molar-refractivity contribution in [1.29, 1.82) is 0 Å². The summed E-state index contributed by atoms with van der Waals surface area (Å²) >= 11 is 5.60. The minimum absolute atomic E-state index is 0.120. The molecular weight excluding hydrogens is 164 g/mol. The quantitative estimate of drug-likeness (QED) is 0.630. The molecule has 0 aromatic heterocycles. The van der Waals surface area contributed by atoms with Crippen molar-refractivity contribution in [2.45, 2.75) is 6.92 Å². The Balaban J connectivity index is 3.19. The van der Waals surface area contributed by atoms with Crippen LogP contribution in [0.4, 0.5) is 0 Å². The Labute approximate surface area is 69.4 Å². The van der Waals surface area contributed by atoms with Crippen LogP contribution in [0.25, 0.3) is 0 Å². The van der Waals surface area contributed by atoms with E-state index < -0.39 is 5.97 Å². The summed E-state index contributed by atoms with van der Waals surface area (Å²) in [5, 5.41) is 10.8. The molecule has 0 saturated heterocycles. The highest BCUT2D eigenvalue weighted by Crippen LogP contribution is 2.13. The second-order valence-electron chi connectivity index (χ2n) is 2.30. The smallest absolute Gasteiger partial charge is 0.0715 e. The summed E-state index contributed by atoms with van der Waals surface area (Å²) in [7, 11) is 0. The second-order valence-corrected chi connectivity index (χ2v) is 2.74. The largest absolute Gasteiger partial charge is 0.545 e. The Morgan fingerprint density at radius 3 is 2.55 bits per heavy atom. The lowest BCUT2D eigenvalue weighted by Crippen LogP contribution is -2.22. The molecule has 0 aliphatic rings. The highest BCUT2D eigenvalue weighted by atomic mass is 35.5. The Morgan fingerprint density at radius 2 is 2.09 bits per heavy atom. The van der Waals surface area contributed by atoms with E-state index in [4.69, 9.17) is 11.6 Å². The zero-order valence-corrected chi connectivity index (χ0v) is 6.68. The fourth-order valence-corrected chi connectivity index (χ4v) is 1.14. The third kappa shape index (κ3) is 1.95. The van der Waals surface area contributed by atoms with Crippen molar-refractivity contribution in [2.75, 3.05) is 0 Å². The highest BCUT2D eigenvalue weighted by Gasteiger charge is 1.96. The summed E-state index contributed by atoms with van der Waals surface area (Å²) in [6.45, 7) is 1.78. The number of carboxylic acid groups (broad SMARTS) is 1. The number of carbonyl (C=O) groups excluding carboxylic acids is 1. The van der Waals surface area contributed by atoms with Gasteiger partial charge in [0.1, 0.15) is 0 Å². The van der Waals surface area contributed by atoms with Crippen LogP contribution in [0.5, 0.6) is 0 Å². The van der Waals surface area contributed by atoms with Crippen molar-refractivity contribution in [2.24, 2.45) is 0 Å². The van der Waals surface area contributed by atoms with E-state index in [1.807, 2.05) is 0 Å². The molecule has 11 heavy (non-hydrogen) atoms. The van der Waals surface area contributed by atoms with Crippen LogP contribution in [0.2, 0.25) is 5.02 Å². The summed E-state index contributed by atoms with van der Waals surface area (Å²) in [5.41, 5.74) is 0.937. The summed E-state index contributed by atoms with van der Waals surface area (Å²) in [6, 6.07) is 4.57. The number of hydrogen-bond acceptors (Lipinski definition) is 2. The van der Waals surface area contributed by atoms with E-state index in [0.717, 1.165) is 5.56 Å². The van der Waals surface area contributed by atoms with Gasteiger partial charge in [0, 0.05) is 5.02 Å². The van der Waals surface area contributed by atoms with Gasteiger partial charge in [0.05, 0.1) is 5.97 Å². The maximum absolute atomic E-state index is 10.3. The average molecular weight is 170 g/mol. The molecule has 0 aliphatic heterocycles. The zero-order chi connectivity index (χ0) is 8.43. The molecule has 0 spiro atoms. The van der Waals surface area contributed by atoms with Gasteiger partial charge >= 0.3 is 0 Å². The van der Waals surface area contributed by atoms with Gasteiger partial charge in [-0.1, -0.05) is 17.7 Å². The summed E-state index contributed by atoms with van der Waals surface area (Å²) in [4.78, 5) is 10.3. The van der Waals surface area contributed by atoms with Crippen molar-refractivity contribution in [1.82, 2.24) is 0 Å². The SMILES string of the molecule is Cc1cc(Cl)cc(C(=O)[O-])c1. The standard InChI is InChI=1S/C8H7ClO2/c1-5-2-6(8(10)11)4-7(9)3-5/h2-4H,1H3,(H,10,11)/p-1. The third-order valence-electron chi connectivity index (χ3n) is 1.28. The number of carbonyl (C=O) groups is 1. The molecule has 0 saturated carbocycles. The monoisotopic (exact) mass is 169 g/mol. The van der Waals surface area contributed by atoms with Crippen LogP contribution in [-0.2, 0) is 0 Å². The van der Waals surface area contributed by atoms with E-state index in [2.05, 4.69) is 0 Å². The van der Waals surface area contributed by atoms with Crippen molar-refractivity contribution in [3.8, 4) is 0 Å². The predicted octanol–water partition coefficient (Wildman–Crippen LogP) is 1.01. The van der Waals surface area contributed by atoms with Gasteiger partial charge in [0.2, 0.25) is 0 Å². The van der Waals surface area contributed by atoms with E-state index in [-0.39, 0.29) is 5.56 Å². The third-order valence-corrected chi connectivity index (χ3v) is 1.50. The fraction of sp³-hybridized carbons (Fsp3) is 0.125. The van der Waals surface area contributed by atoms with Gasteiger partial charge in [0.25, 0.3) is 0 Å². The van der Waals surface area contributed by atoms with Crippen LogP contribution in [0.1, 0.15) is 15.9 Å². The normalized spacial score (nSPS) is 9.64. The molecular formula is C8H6ClO2-. The Bertz CT molecular complexity index is 274. The molecule has 0 aliphatic carbocycles. The van der Waals surface area contributed by atoms with E-state index in [1.54, 1.807) is 13.0 Å². The van der Waals surface area contributed by atoms with Crippen LogP contribution in [0, 0.1) is 6.92 Å². The molecule has 0 unspecified atom stereocenters. The first-order valence-electron chi connectivity index (χ1n) is 3.08. The molecule has 0 atom stereocenters. The summed E-state index contributed by atoms with van der Waals surface area (Å²) < 4.78 is 0. The van der Waals surface area contributed by atoms with Gasteiger partial charge in [-0.25, -0.2) is 0 Å².